The first-order valence-electron chi connectivity index (χ1n) is 6.10. The third-order valence-electron chi connectivity index (χ3n) is 3.73. The van der Waals surface area contributed by atoms with Crippen LogP contribution in [0.25, 0.3) is 0 Å². The first kappa shape index (κ1) is 12.7. The Kier molecular flexibility index (Phi) is 3.89. The maximum absolute atomic E-state index is 13.3. The number of nitrogens with one attached hydrogen (secondary N) is 1. The lowest BCUT2D eigenvalue weighted by molar-refractivity contribution is 0.435. The molecule has 2 nitrogen and oxygen atoms in total. The van der Waals surface area contributed by atoms with Gasteiger partial charge in [0.1, 0.15) is 5.82 Å². The monoisotopic (exact) mass is 256 g/mol. The quantitative estimate of drug-likeness (QED) is 0.830. The third kappa shape index (κ3) is 2.40. The molecule has 1 aromatic rings. The van der Waals surface area contributed by atoms with Gasteiger partial charge in [0.2, 0.25) is 0 Å². The standard InChI is InChI=1S/C13H17FN2.ClH/c14-11-2-1-10-5-8-16(13(10)9-11)12-3-6-15-7-4-12;/h1-2,9,12,15H,3-8H2;1H. The van der Waals surface area contributed by atoms with Gasteiger partial charge in [-0.3, -0.25) is 0 Å². The number of rotatable bonds is 1. The molecule has 1 fully saturated rings. The van der Waals surface area contributed by atoms with E-state index in [0.717, 1.165) is 31.7 Å². The van der Waals surface area contributed by atoms with Gasteiger partial charge in [-0.2, -0.15) is 0 Å². The Balaban J connectivity index is 0.00000108. The van der Waals surface area contributed by atoms with Crippen molar-refractivity contribution in [3.8, 4) is 0 Å². The number of anilines is 1. The van der Waals surface area contributed by atoms with Gasteiger partial charge in [0.15, 0.2) is 0 Å². The fourth-order valence-electron chi connectivity index (χ4n) is 2.87. The first-order chi connectivity index (χ1) is 7.84. The minimum atomic E-state index is -0.111. The Morgan fingerprint density at radius 2 is 2.00 bits per heavy atom. The van der Waals surface area contributed by atoms with Crippen LogP contribution in [0.15, 0.2) is 18.2 Å². The van der Waals surface area contributed by atoms with Gasteiger partial charge in [-0.05, 0) is 50.0 Å². The zero-order valence-electron chi connectivity index (χ0n) is 9.79. The molecule has 94 valence electrons. The van der Waals surface area contributed by atoms with Crippen LogP contribution in [0, 0.1) is 5.82 Å². The van der Waals surface area contributed by atoms with Crippen molar-refractivity contribution in [3.05, 3.63) is 29.6 Å². The van der Waals surface area contributed by atoms with Crippen LogP contribution in [0.5, 0.6) is 0 Å². The van der Waals surface area contributed by atoms with E-state index in [9.17, 15) is 4.39 Å². The highest BCUT2D eigenvalue weighted by Gasteiger charge is 2.27. The molecular formula is C13H18ClFN2. The first-order valence-corrected chi connectivity index (χ1v) is 6.10. The molecule has 1 aromatic carbocycles. The average molecular weight is 257 g/mol. The largest absolute Gasteiger partial charge is 0.368 e. The molecule has 0 bridgehead atoms. The summed E-state index contributed by atoms with van der Waals surface area (Å²) in [6, 6.07) is 5.81. The van der Waals surface area contributed by atoms with E-state index in [-0.39, 0.29) is 18.2 Å². The molecule has 2 heterocycles. The number of fused-ring (bicyclic) bond motifs is 1. The van der Waals surface area contributed by atoms with Crippen LogP contribution in [0.1, 0.15) is 18.4 Å². The molecule has 0 amide bonds. The number of hydrogen-bond donors (Lipinski definition) is 1. The maximum atomic E-state index is 13.3. The van der Waals surface area contributed by atoms with Crippen molar-refractivity contribution in [3.63, 3.8) is 0 Å². The molecule has 0 radical (unpaired) electrons. The fourth-order valence-corrected chi connectivity index (χ4v) is 2.87. The van der Waals surface area contributed by atoms with E-state index in [1.54, 1.807) is 12.1 Å². The van der Waals surface area contributed by atoms with Crippen molar-refractivity contribution < 1.29 is 4.39 Å². The molecule has 0 atom stereocenters. The second kappa shape index (κ2) is 5.23. The maximum Gasteiger partial charge on any atom is 0.125 e. The molecule has 0 aliphatic carbocycles. The number of benzene rings is 1. The highest BCUT2D eigenvalue weighted by Crippen LogP contribution is 2.32. The molecule has 0 spiro atoms. The van der Waals surface area contributed by atoms with E-state index in [0.29, 0.717) is 6.04 Å². The van der Waals surface area contributed by atoms with E-state index in [1.165, 1.54) is 18.4 Å². The summed E-state index contributed by atoms with van der Waals surface area (Å²) in [5.41, 5.74) is 2.44. The van der Waals surface area contributed by atoms with Crippen LogP contribution in [0.4, 0.5) is 10.1 Å². The van der Waals surface area contributed by atoms with Crippen molar-refractivity contribution in [2.24, 2.45) is 0 Å². The molecular weight excluding hydrogens is 239 g/mol. The molecule has 1 saturated heterocycles. The van der Waals surface area contributed by atoms with Gasteiger partial charge < -0.3 is 10.2 Å². The number of hydrogen-bond acceptors (Lipinski definition) is 2. The Bertz CT molecular complexity index is 391. The van der Waals surface area contributed by atoms with Crippen LogP contribution in [-0.2, 0) is 6.42 Å². The van der Waals surface area contributed by atoms with Crippen molar-refractivity contribution >= 4 is 18.1 Å². The predicted molar refractivity (Wildman–Crippen MR) is 70.6 cm³/mol. The summed E-state index contributed by atoms with van der Waals surface area (Å²) in [6.45, 7) is 3.24. The summed E-state index contributed by atoms with van der Waals surface area (Å²) >= 11 is 0. The SMILES string of the molecule is Cl.Fc1ccc2c(c1)N(C1CCNCC1)CC2. The highest BCUT2D eigenvalue weighted by molar-refractivity contribution is 5.85. The third-order valence-corrected chi connectivity index (χ3v) is 3.73. The smallest absolute Gasteiger partial charge is 0.125 e. The number of nitrogens with zero attached hydrogens (tertiary/aromatic N) is 1. The number of halogens is 2. The van der Waals surface area contributed by atoms with Crippen LogP contribution in [0.3, 0.4) is 0 Å². The van der Waals surface area contributed by atoms with Gasteiger partial charge in [-0.1, -0.05) is 6.07 Å². The van der Waals surface area contributed by atoms with Crippen molar-refractivity contribution in [2.45, 2.75) is 25.3 Å². The lowest BCUT2D eigenvalue weighted by Gasteiger charge is -2.33. The average Bonchev–Trinajstić information content (AvgIpc) is 2.73. The van der Waals surface area contributed by atoms with Crippen LogP contribution in [-0.4, -0.2) is 25.7 Å². The second-order valence-electron chi connectivity index (χ2n) is 4.70. The Morgan fingerprint density at radius 1 is 1.24 bits per heavy atom. The topological polar surface area (TPSA) is 15.3 Å². The Hall–Kier alpha value is -0.800. The molecule has 3 rings (SSSR count). The summed E-state index contributed by atoms with van der Waals surface area (Å²) in [5, 5.41) is 3.37. The van der Waals surface area contributed by atoms with Crippen molar-refractivity contribution in [1.82, 2.24) is 5.32 Å². The lowest BCUT2D eigenvalue weighted by Crippen LogP contribution is -2.42. The normalized spacial score (nSPS) is 19.9. The van der Waals surface area contributed by atoms with Gasteiger partial charge >= 0.3 is 0 Å². The van der Waals surface area contributed by atoms with Gasteiger partial charge in [0, 0.05) is 18.3 Å². The van der Waals surface area contributed by atoms with Crippen molar-refractivity contribution in [2.75, 3.05) is 24.5 Å². The summed E-state index contributed by atoms with van der Waals surface area (Å²) in [7, 11) is 0. The van der Waals surface area contributed by atoms with E-state index in [2.05, 4.69) is 10.2 Å². The van der Waals surface area contributed by atoms with E-state index in [4.69, 9.17) is 0 Å². The molecule has 1 N–H and O–H groups in total. The number of piperidine rings is 1. The second-order valence-corrected chi connectivity index (χ2v) is 4.70. The van der Waals surface area contributed by atoms with Gasteiger partial charge in [-0.15, -0.1) is 12.4 Å². The summed E-state index contributed by atoms with van der Waals surface area (Å²) in [4.78, 5) is 2.40. The molecule has 0 unspecified atom stereocenters. The zero-order chi connectivity index (χ0) is 11.0. The van der Waals surface area contributed by atoms with Crippen LogP contribution >= 0.6 is 12.4 Å². The fraction of sp³-hybridized carbons (Fsp3) is 0.538. The molecule has 17 heavy (non-hydrogen) atoms. The van der Waals surface area contributed by atoms with Crippen LogP contribution in [0.2, 0.25) is 0 Å². The van der Waals surface area contributed by atoms with Gasteiger partial charge in [0.25, 0.3) is 0 Å². The van der Waals surface area contributed by atoms with Gasteiger partial charge in [-0.25, -0.2) is 4.39 Å². The van der Waals surface area contributed by atoms with E-state index < -0.39 is 0 Å². The molecule has 2 aliphatic rings. The lowest BCUT2D eigenvalue weighted by atomic mass is 10.0. The van der Waals surface area contributed by atoms with E-state index in [1.807, 2.05) is 6.07 Å². The zero-order valence-corrected chi connectivity index (χ0v) is 10.6. The molecule has 4 heteroatoms. The van der Waals surface area contributed by atoms with Gasteiger partial charge in [0.05, 0.1) is 0 Å². The Morgan fingerprint density at radius 3 is 2.76 bits per heavy atom. The minimum Gasteiger partial charge on any atom is -0.368 e. The Labute approximate surface area is 108 Å². The minimum absolute atomic E-state index is 0. The predicted octanol–water partition coefficient (Wildman–Crippen LogP) is 2.36. The highest BCUT2D eigenvalue weighted by atomic mass is 35.5. The summed E-state index contributed by atoms with van der Waals surface area (Å²) in [6.07, 6.45) is 3.42. The molecule has 2 aliphatic heterocycles. The summed E-state index contributed by atoms with van der Waals surface area (Å²) < 4.78 is 13.3. The summed E-state index contributed by atoms with van der Waals surface area (Å²) in [5.74, 6) is -0.111. The molecule has 0 saturated carbocycles. The molecule has 0 aromatic heterocycles. The van der Waals surface area contributed by atoms with Crippen molar-refractivity contribution in [1.29, 1.82) is 0 Å². The van der Waals surface area contributed by atoms with E-state index >= 15 is 0 Å². The van der Waals surface area contributed by atoms with Crippen LogP contribution < -0.4 is 10.2 Å².